The van der Waals surface area contributed by atoms with Crippen LogP contribution in [0.5, 0.6) is 0 Å². The van der Waals surface area contributed by atoms with Crippen molar-refractivity contribution in [1.82, 2.24) is 5.32 Å². The van der Waals surface area contributed by atoms with Gasteiger partial charge in [-0.1, -0.05) is 37.3 Å². The molecule has 0 bridgehead atoms. The number of hydrogen-bond acceptors (Lipinski definition) is 5. The summed E-state index contributed by atoms with van der Waals surface area (Å²) in [5, 5.41) is 11.4. The maximum Gasteiger partial charge on any atom is 0.408 e. The van der Waals surface area contributed by atoms with E-state index in [1.807, 2.05) is 18.2 Å². The van der Waals surface area contributed by atoms with Gasteiger partial charge in [-0.05, 0) is 32.3 Å². The fraction of sp³-hybridized carbons (Fsp3) is 0.500. The van der Waals surface area contributed by atoms with Crippen molar-refractivity contribution in [2.45, 2.75) is 52.4 Å². The molecule has 0 heterocycles. The monoisotopic (exact) mass is 351 g/mol. The summed E-state index contributed by atoms with van der Waals surface area (Å²) in [6, 6.07) is 7.94. The predicted molar refractivity (Wildman–Crippen MR) is 90.8 cm³/mol. The maximum absolute atomic E-state index is 12.4. The van der Waals surface area contributed by atoms with E-state index in [9.17, 15) is 14.4 Å². The van der Waals surface area contributed by atoms with Gasteiger partial charge in [0.15, 0.2) is 0 Å². The molecule has 0 radical (unpaired) electrons. The highest BCUT2D eigenvalue weighted by Crippen LogP contribution is 2.14. The highest BCUT2D eigenvalue weighted by molar-refractivity contribution is 5.82. The van der Waals surface area contributed by atoms with E-state index in [0.29, 0.717) is 0 Å². The second kappa shape index (κ2) is 9.05. The third kappa shape index (κ3) is 8.19. The Hall–Kier alpha value is -2.57. The molecule has 0 aliphatic carbocycles. The molecule has 2 N–H and O–H groups in total. The lowest BCUT2D eigenvalue weighted by Gasteiger charge is -2.25. The third-order valence-electron chi connectivity index (χ3n) is 3.22. The summed E-state index contributed by atoms with van der Waals surface area (Å²) in [6.45, 7) is 6.66. The lowest BCUT2D eigenvalue weighted by atomic mass is 9.98. The Morgan fingerprint density at radius 2 is 1.76 bits per heavy atom. The van der Waals surface area contributed by atoms with E-state index in [1.165, 1.54) is 0 Å². The molecular formula is C18H25NO6. The van der Waals surface area contributed by atoms with Crippen LogP contribution in [0.2, 0.25) is 0 Å². The molecule has 0 saturated heterocycles. The minimum Gasteiger partial charge on any atom is -0.481 e. The van der Waals surface area contributed by atoms with Crippen LogP contribution in [0.25, 0.3) is 0 Å². The van der Waals surface area contributed by atoms with Crippen molar-refractivity contribution in [2.75, 3.05) is 0 Å². The van der Waals surface area contributed by atoms with Gasteiger partial charge in [-0.15, -0.1) is 0 Å². The number of nitrogens with one attached hydrogen (secondary N) is 1. The first-order chi connectivity index (χ1) is 11.6. The van der Waals surface area contributed by atoms with Gasteiger partial charge >= 0.3 is 18.0 Å². The number of benzene rings is 1. The number of carbonyl (C=O) groups excluding carboxylic acids is 2. The van der Waals surface area contributed by atoms with Crippen LogP contribution >= 0.6 is 0 Å². The Morgan fingerprint density at radius 1 is 1.16 bits per heavy atom. The summed E-state index contributed by atoms with van der Waals surface area (Å²) < 4.78 is 10.4. The quantitative estimate of drug-likeness (QED) is 0.732. The van der Waals surface area contributed by atoms with Crippen LogP contribution in [0.3, 0.4) is 0 Å². The molecule has 1 amide bonds. The molecular weight excluding hydrogens is 326 g/mol. The first-order valence-corrected chi connectivity index (χ1v) is 8.00. The van der Waals surface area contributed by atoms with Crippen LogP contribution in [-0.4, -0.2) is 34.8 Å². The van der Waals surface area contributed by atoms with E-state index in [2.05, 4.69) is 5.32 Å². The van der Waals surface area contributed by atoms with Crippen molar-refractivity contribution >= 4 is 18.0 Å². The lowest BCUT2D eigenvalue weighted by Crippen LogP contribution is -2.48. The van der Waals surface area contributed by atoms with Gasteiger partial charge in [0.25, 0.3) is 0 Å². The number of amides is 1. The molecule has 1 aromatic rings. The molecule has 1 rings (SSSR count). The van der Waals surface area contributed by atoms with Crippen molar-refractivity contribution < 1.29 is 29.0 Å². The Morgan fingerprint density at radius 3 is 2.28 bits per heavy atom. The molecule has 7 nitrogen and oxygen atoms in total. The molecule has 7 heteroatoms. The molecule has 0 unspecified atom stereocenters. The van der Waals surface area contributed by atoms with Gasteiger partial charge in [-0.3, -0.25) is 4.79 Å². The molecule has 0 aromatic heterocycles. The van der Waals surface area contributed by atoms with Crippen LogP contribution in [0.15, 0.2) is 30.3 Å². The normalized spacial score (nSPS) is 13.4. The lowest BCUT2D eigenvalue weighted by molar-refractivity contribution is -0.149. The smallest absolute Gasteiger partial charge is 0.408 e. The van der Waals surface area contributed by atoms with Gasteiger partial charge in [-0.25, -0.2) is 9.59 Å². The van der Waals surface area contributed by atoms with Crippen LogP contribution in [0.4, 0.5) is 4.79 Å². The second-order valence-electron chi connectivity index (χ2n) is 6.79. The minimum atomic E-state index is -1.12. The predicted octanol–water partition coefficient (Wildman–Crippen LogP) is 2.73. The zero-order valence-corrected chi connectivity index (χ0v) is 14.9. The standard InChI is InChI=1S/C18H25NO6/c1-12(10-14(20)21)15(19-17(23)25-18(2,3)4)16(22)24-11-13-8-6-5-7-9-13/h5-9,12,15H,10-11H2,1-4H3,(H,19,23)(H,20,21)/t12-,15-/m0/s1. The largest absolute Gasteiger partial charge is 0.481 e. The average molecular weight is 351 g/mol. The number of hydrogen-bond donors (Lipinski definition) is 2. The van der Waals surface area contributed by atoms with E-state index in [4.69, 9.17) is 14.6 Å². The SMILES string of the molecule is C[C@@H](CC(=O)O)[C@H](NC(=O)OC(C)(C)C)C(=O)OCc1ccccc1. The van der Waals surface area contributed by atoms with Gasteiger partial charge in [0.1, 0.15) is 18.2 Å². The maximum atomic E-state index is 12.4. The molecule has 25 heavy (non-hydrogen) atoms. The molecule has 138 valence electrons. The number of rotatable bonds is 7. The highest BCUT2D eigenvalue weighted by atomic mass is 16.6. The number of carboxylic acid groups (broad SMARTS) is 1. The number of carbonyl (C=O) groups is 3. The van der Waals surface area contributed by atoms with Crippen LogP contribution < -0.4 is 5.32 Å². The summed E-state index contributed by atoms with van der Waals surface area (Å²) in [7, 11) is 0. The van der Waals surface area contributed by atoms with Crippen molar-refractivity contribution in [1.29, 1.82) is 0 Å². The Bertz CT molecular complexity index is 593. The van der Waals surface area contributed by atoms with Crippen molar-refractivity contribution in [3.05, 3.63) is 35.9 Å². The first-order valence-electron chi connectivity index (χ1n) is 8.00. The Balaban J connectivity index is 2.76. The molecule has 0 aliphatic heterocycles. The zero-order chi connectivity index (χ0) is 19.0. The molecule has 0 aliphatic rings. The summed E-state index contributed by atoms with van der Waals surface area (Å²) in [5.41, 5.74) is 0.0521. The van der Waals surface area contributed by atoms with Gasteiger partial charge in [-0.2, -0.15) is 0 Å². The highest BCUT2D eigenvalue weighted by Gasteiger charge is 2.31. The van der Waals surface area contributed by atoms with Crippen molar-refractivity contribution in [3.63, 3.8) is 0 Å². The number of aliphatic carboxylic acids is 1. The Labute approximate surface area is 147 Å². The van der Waals surface area contributed by atoms with Gasteiger partial charge < -0.3 is 19.9 Å². The average Bonchev–Trinajstić information content (AvgIpc) is 2.48. The van der Waals surface area contributed by atoms with E-state index in [0.717, 1.165) is 5.56 Å². The number of ether oxygens (including phenoxy) is 2. The van der Waals surface area contributed by atoms with Gasteiger partial charge in [0.05, 0.1) is 6.42 Å². The summed E-state index contributed by atoms with van der Waals surface area (Å²) in [5.74, 6) is -2.43. The fourth-order valence-corrected chi connectivity index (χ4v) is 2.08. The summed E-state index contributed by atoms with van der Waals surface area (Å²) in [6.07, 6.45) is -1.09. The Kier molecular flexibility index (Phi) is 7.42. The molecule has 2 atom stereocenters. The van der Waals surface area contributed by atoms with Crippen molar-refractivity contribution in [3.8, 4) is 0 Å². The number of esters is 1. The fourth-order valence-electron chi connectivity index (χ4n) is 2.08. The first kappa shape index (κ1) is 20.5. The summed E-state index contributed by atoms with van der Waals surface area (Å²) >= 11 is 0. The topological polar surface area (TPSA) is 102 Å². The molecule has 0 spiro atoms. The van der Waals surface area contributed by atoms with Crippen LogP contribution in [-0.2, 0) is 25.7 Å². The molecule has 0 fully saturated rings. The molecule has 1 aromatic carbocycles. The number of alkyl carbamates (subject to hydrolysis) is 1. The minimum absolute atomic E-state index is 0.0337. The second-order valence-corrected chi connectivity index (χ2v) is 6.79. The zero-order valence-electron chi connectivity index (χ0n) is 14.9. The molecule has 0 saturated carbocycles. The van der Waals surface area contributed by atoms with Gasteiger partial charge in [0.2, 0.25) is 0 Å². The van der Waals surface area contributed by atoms with Crippen LogP contribution in [0, 0.1) is 5.92 Å². The van der Waals surface area contributed by atoms with Crippen molar-refractivity contribution in [2.24, 2.45) is 5.92 Å². The third-order valence-corrected chi connectivity index (χ3v) is 3.22. The number of carboxylic acids is 1. The van der Waals surface area contributed by atoms with Gasteiger partial charge in [0, 0.05) is 0 Å². The van der Waals surface area contributed by atoms with E-state index in [-0.39, 0.29) is 13.0 Å². The van der Waals surface area contributed by atoms with E-state index < -0.39 is 35.6 Å². The van der Waals surface area contributed by atoms with E-state index >= 15 is 0 Å². The van der Waals surface area contributed by atoms with E-state index in [1.54, 1.807) is 39.8 Å². The van der Waals surface area contributed by atoms with Crippen LogP contribution in [0.1, 0.15) is 39.7 Å². The summed E-state index contributed by atoms with van der Waals surface area (Å²) in [4.78, 5) is 35.2.